The van der Waals surface area contributed by atoms with E-state index in [1.165, 1.54) is 24.3 Å². The molecule has 0 aliphatic carbocycles. The Kier molecular flexibility index (Phi) is 7.22. The van der Waals surface area contributed by atoms with Crippen LogP contribution in [0.15, 0.2) is 65.6 Å². The van der Waals surface area contributed by atoms with E-state index >= 15 is 0 Å². The summed E-state index contributed by atoms with van der Waals surface area (Å²) in [5, 5.41) is 9.17. The smallest absolute Gasteiger partial charge is 0.335 e. The second-order valence-corrected chi connectivity index (χ2v) is 8.91. The number of halogens is 2. The van der Waals surface area contributed by atoms with E-state index < -0.39 is 27.6 Å². The van der Waals surface area contributed by atoms with Gasteiger partial charge in [0, 0.05) is 12.6 Å². The van der Waals surface area contributed by atoms with Gasteiger partial charge in [0.15, 0.2) is 0 Å². The average molecular weight is 461 g/mol. The summed E-state index contributed by atoms with van der Waals surface area (Å²) in [6.45, 7) is 1.71. The summed E-state index contributed by atoms with van der Waals surface area (Å²) in [6.07, 6.45) is 0.395. The summed E-state index contributed by atoms with van der Waals surface area (Å²) in [4.78, 5) is 11.1. The minimum atomic E-state index is -3.86. The molecule has 0 unspecified atom stereocenters. The van der Waals surface area contributed by atoms with E-state index in [4.69, 9.17) is 4.74 Å². The summed E-state index contributed by atoms with van der Waals surface area (Å²) < 4.78 is 59.3. The molecule has 0 aromatic heterocycles. The fourth-order valence-electron chi connectivity index (χ4n) is 3.03. The van der Waals surface area contributed by atoms with E-state index in [-0.39, 0.29) is 23.6 Å². The van der Waals surface area contributed by atoms with E-state index in [9.17, 15) is 27.1 Å². The predicted molar refractivity (Wildman–Crippen MR) is 114 cm³/mol. The first-order chi connectivity index (χ1) is 15.1. The van der Waals surface area contributed by atoms with Crippen molar-refractivity contribution >= 4 is 16.0 Å². The lowest BCUT2D eigenvalue weighted by atomic mass is 10.1. The van der Waals surface area contributed by atoms with Crippen LogP contribution in [0.4, 0.5) is 8.78 Å². The molecule has 3 aromatic rings. The number of hydrogen-bond donors (Lipinski definition) is 2. The number of carbonyl (C=O) groups is 1. The second-order valence-electron chi connectivity index (χ2n) is 7.14. The van der Waals surface area contributed by atoms with Crippen LogP contribution in [0.5, 0.6) is 5.75 Å². The SMILES string of the molecule is Cc1ccc(S(=O)(=O)NCCc2ccc(OCc3cc(F)cc(F)c3)cc2)cc1C(=O)O. The van der Waals surface area contributed by atoms with Gasteiger partial charge in [-0.3, -0.25) is 0 Å². The van der Waals surface area contributed by atoms with Crippen molar-refractivity contribution < 1.29 is 31.8 Å². The van der Waals surface area contributed by atoms with Gasteiger partial charge in [-0.25, -0.2) is 26.7 Å². The summed E-state index contributed by atoms with van der Waals surface area (Å²) in [5.74, 6) is -2.04. The Bertz CT molecular complexity index is 1210. The molecule has 0 saturated carbocycles. The summed E-state index contributed by atoms with van der Waals surface area (Å²) in [7, 11) is -3.86. The third kappa shape index (κ3) is 6.12. The van der Waals surface area contributed by atoms with E-state index in [0.29, 0.717) is 23.3 Å². The highest BCUT2D eigenvalue weighted by Crippen LogP contribution is 2.17. The zero-order valence-corrected chi connectivity index (χ0v) is 18.0. The highest BCUT2D eigenvalue weighted by molar-refractivity contribution is 7.89. The van der Waals surface area contributed by atoms with Crippen LogP contribution in [0, 0.1) is 18.6 Å². The van der Waals surface area contributed by atoms with Crippen LogP contribution < -0.4 is 9.46 Å². The van der Waals surface area contributed by atoms with Crippen LogP contribution in [0.1, 0.15) is 27.0 Å². The Morgan fingerprint density at radius 3 is 2.25 bits per heavy atom. The number of aryl methyl sites for hydroxylation is 1. The summed E-state index contributed by atoms with van der Waals surface area (Å²) in [6, 6.07) is 14.0. The van der Waals surface area contributed by atoms with Gasteiger partial charge in [0.2, 0.25) is 10.0 Å². The highest BCUT2D eigenvalue weighted by Gasteiger charge is 2.17. The van der Waals surface area contributed by atoms with Crippen molar-refractivity contribution in [2.75, 3.05) is 6.54 Å². The van der Waals surface area contributed by atoms with Crippen LogP contribution in [0.3, 0.4) is 0 Å². The van der Waals surface area contributed by atoms with Crippen molar-refractivity contribution in [1.29, 1.82) is 0 Å². The minimum absolute atomic E-state index is 0.00269. The lowest BCUT2D eigenvalue weighted by Gasteiger charge is -2.10. The Balaban J connectivity index is 1.55. The number of benzene rings is 3. The van der Waals surface area contributed by atoms with Crippen molar-refractivity contribution in [1.82, 2.24) is 4.72 Å². The molecule has 0 heterocycles. The Hall–Kier alpha value is -3.30. The maximum Gasteiger partial charge on any atom is 0.335 e. The molecule has 6 nitrogen and oxygen atoms in total. The molecule has 0 bridgehead atoms. The quantitative estimate of drug-likeness (QED) is 0.501. The molecule has 0 spiro atoms. The lowest BCUT2D eigenvalue weighted by Crippen LogP contribution is -2.26. The maximum absolute atomic E-state index is 13.2. The molecule has 3 rings (SSSR count). The van der Waals surface area contributed by atoms with Gasteiger partial charge in [-0.15, -0.1) is 0 Å². The molecule has 3 aromatic carbocycles. The number of aromatic carboxylic acids is 1. The zero-order chi connectivity index (χ0) is 23.3. The van der Waals surface area contributed by atoms with Crippen molar-refractivity contribution in [3.8, 4) is 5.75 Å². The number of carboxylic acids is 1. The van der Waals surface area contributed by atoms with Gasteiger partial charge in [-0.05, 0) is 66.4 Å². The van der Waals surface area contributed by atoms with E-state index in [1.54, 1.807) is 31.2 Å². The number of ether oxygens (including phenoxy) is 1. The first kappa shape index (κ1) is 23.4. The molecule has 0 aliphatic rings. The highest BCUT2D eigenvalue weighted by atomic mass is 32.2. The van der Waals surface area contributed by atoms with Crippen LogP contribution in [-0.2, 0) is 23.1 Å². The molecule has 0 saturated heterocycles. The zero-order valence-electron chi connectivity index (χ0n) is 17.1. The van der Waals surface area contributed by atoms with Crippen molar-refractivity contribution in [3.05, 3.63) is 94.6 Å². The largest absolute Gasteiger partial charge is 0.489 e. The van der Waals surface area contributed by atoms with E-state index in [2.05, 4.69) is 4.72 Å². The number of sulfonamides is 1. The van der Waals surface area contributed by atoms with E-state index in [1.807, 2.05) is 0 Å². The first-order valence-electron chi connectivity index (χ1n) is 9.64. The molecule has 32 heavy (non-hydrogen) atoms. The van der Waals surface area contributed by atoms with Gasteiger partial charge in [-0.1, -0.05) is 18.2 Å². The third-order valence-electron chi connectivity index (χ3n) is 4.71. The van der Waals surface area contributed by atoms with Crippen molar-refractivity contribution in [2.24, 2.45) is 0 Å². The molecule has 168 valence electrons. The van der Waals surface area contributed by atoms with E-state index in [0.717, 1.165) is 17.7 Å². The van der Waals surface area contributed by atoms with Gasteiger partial charge < -0.3 is 9.84 Å². The average Bonchev–Trinajstić information content (AvgIpc) is 2.72. The number of carboxylic acid groups (broad SMARTS) is 1. The van der Waals surface area contributed by atoms with Crippen LogP contribution in [0.2, 0.25) is 0 Å². The van der Waals surface area contributed by atoms with Gasteiger partial charge in [-0.2, -0.15) is 0 Å². The van der Waals surface area contributed by atoms with Crippen molar-refractivity contribution in [3.63, 3.8) is 0 Å². The molecular formula is C23H21F2NO5S. The van der Waals surface area contributed by atoms with Crippen LogP contribution in [-0.4, -0.2) is 26.0 Å². The Labute approximate surface area is 184 Å². The van der Waals surface area contributed by atoms with Gasteiger partial charge in [0.05, 0.1) is 10.5 Å². The molecule has 2 N–H and O–H groups in total. The summed E-state index contributed by atoms with van der Waals surface area (Å²) in [5.41, 5.74) is 1.61. The third-order valence-corrected chi connectivity index (χ3v) is 6.17. The summed E-state index contributed by atoms with van der Waals surface area (Å²) >= 11 is 0. The predicted octanol–water partition coefficient (Wildman–Crippen LogP) is 4.07. The number of rotatable bonds is 9. The maximum atomic E-state index is 13.2. The van der Waals surface area contributed by atoms with Gasteiger partial charge in [0.25, 0.3) is 0 Å². The molecule has 0 aliphatic heterocycles. The normalized spacial score (nSPS) is 11.3. The number of nitrogens with one attached hydrogen (secondary N) is 1. The molecule has 0 atom stereocenters. The topological polar surface area (TPSA) is 92.7 Å². The molecule has 0 radical (unpaired) electrons. The monoisotopic (exact) mass is 461 g/mol. The lowest BCUT2D eigenvalue weighted by molar-refractivity contribution is 0.0696. The fourth-order valence-corrected chi connectivity index (χ4v) is 4.08. The molecular weight excluding hydrogens is 440 g/mol. The van der Waals surface area contributed by atoms with Crippen LogP contribution >= 0.6 is 0 Å². The Morgan fingerprint density at radius 1 is 0.969 bits per heavy atom. The van der Waals surface area contributed by atoms with Crippen molar-refractivity contribution in [2.45, 2.75) is 24.8 Å². The minimum Gasteiger partial charge on any atom is -0.489 e. The standard InChI is InChI=1S/C23H21F2NO5S/c1-15-2-7-21(13-22(15)23(27)28)32(29,30)26-9-8-16-3-5-20(6-4-16)31-14-17-10-18(24)12-19(25)11-17/h2-7,10-13,26H,8-9,14H2,1H3,(H,27,28). The molecule has 0 fully saturated rings. The molecule has 0 amide bonds. The first-order valence-corrected chi connectivity index (χ1v) is 11.1. The van der Waals surface area contributed by atoms with Crippen LogP contribution in [0.25, 0.3) is 0 Å². The van der Waals surface area contributed by atoms with Gasteiger partial charge in [0.1, 0.15) is 24.0 Å². The second kappa shape index (κ2) is 9.88. The number of hydrogen-bond acceptors (Lipinski definition) is 4. The fraction of sp³-hybridized carbons (Fsp3) is 0.174. The Morgan fingerprint density at radius 2 is 1.62 bits per heavy atom. The molecule has 9 heteroatoms. The van der Waals surface area contributed by atoms with Gasteiger partial charge >= 0.3 is 5.97 Å².